The minimum absolute atomic E-state index is 0.0733. The van der Waals surface area contributed by atoms with Crippen molar-refractivity contribution in [3.8, 4) is 0 Å². The number of rotatable bonds is 3. The largest absolute Gasteiger partial charge is 0.364 e. The monoisotopic (exact) mass is 310 g/mol. The number of benzene rings is 2. The van der Waals surface area contributed by atoms with Gasteiger partial charge in [0, 0.05) is 5.56 Å². The van der Waals surface area contributed by atoms with Crippen LogP contribution in [0.15, 0.2) is 54.2 Å². The summed E-state index contributed by atoms with van der Waals surface area (Å²) in [5.74, 6) is -1.43. The zero-order chi connectivity index (χ0) is 16.4. The first-order valence-corrected chi connectivity index (χ1v) is 7.24. The molecule has 2 aromatic rings. The summed E-state index contributed by atoms with van der Waals surface area (Å²) in [4.78, 5) is 24.1. The lowest BCUT2D eigenvalue weighted by molar-refractivity contribution is -0.114. The van der Waals surface area contributed by atoms with E-state index in [-0.39, 0.29) is 11.5 Å². The summed E-state index contributed by atoms with van der Waals surface area (Å²) in [7, 11) is 0. The summed E-state index contributed by atoms with van der Waals surface area (Å²) in [6.45, 7) is 0. The number of fused-ring (bicyclic) bond motifs is 1. The number of primary amides is 1. The molecule has 1 aliphatic rings. The van der Waals surface area contributed by atoms with Crippen LogP contribution < -0.4 is 11.1 Å². The third kappa shape index (κ3) is 2.99. The Bertz CT molecular complexity index is 813. The first kappa shape index (κ1) is 15.0. The molecule has 0 unspecified atom stereocenters. The average Bonchev–Trinajstić information content (AvgIpc) is 2.95. The number of halogens is 1. The molecular weight excluding hydrogens is 295 g/mol. The molecule has 0 saturated heterocycles. The Kier molecular flexibility index (Phi) is 3.93. The van der Waals surface area contributed by atoms with Gasteiger partial charge < -0.3 is 11.1 Å². The Hall–Kier alpha value is -2.95. The van der Waals surface area contributed by atoms with Crippen molar-refractivity contribution in [3.05, 3.63) is 76.7 Å². The van der Waals surface area contributed by atoms with Gasteiger partial charge in [0.1, 0.15) is 11.5 Å². The summed E-state index contributed by atoms with van der Waals surface area (Å²) in [6.07, 6.45) is 1.15. The van der Waals surface area contributed by atoms with Crippen molar-refractivity contribution in [1.29, 1.82) is 0 Å². The number of nitrogens with one attached hydrogen (secondary N) is 1. The molecule has 0 aromatic heterocycles. The van der Waals surface area contributed by atoms with E-state index in [9.17, 15) is 14.0 Å². The topological polar surface area (TPSA) is 72.2 Å². The molecule has 0 radical (unpaired) electrons. The maximum Gasteiger partial charge on any atom is 0.265 e. The Morgan fingerprint density at radius 2 is 1.78 bits per heavy atom. The van der Waals surface area contributed by atoms with E-state index in [1.165, 1.54) is 12.1 Å². The van der Waals surface area contributed by atoms with Gasteiger partial charge in [0.2, 0.25) is 0 Å². The first-order valence-electron chi connectivity index (χ1n) is 7.24. The second-order valence-electron chi connectivity index (χ2n) is 5.34. The second-order valence-corrected chi connectivity index (χ2v) is 5.34. The Balaban J connectivity index is 1.98. The number of carbonyl (C=O) groups is 2. The molecule has 2 aromatic carbocycles. The number of hydrogen-bond acceptors (Lipinski definition) is 2. The van der Waals surface area contributed by atoms with E-state index in [2.05, 4.69) is 5.32 Å². The molecule has 5 heteroatoms. The fraction of sp³-hybridized carbons (Fsp3) is 0.111. The summed E-state index contributed by atoms with van der Waals surface area (Å²) < 4.78 is 13.3. The molecule has 0 heterocycles. The van der Waals surface area contributed by atoms with Gasteiger partial charge in [-0.3, -0.25) is 9.59 Å². The Morgan fingerprint density at radius 3 is 2.48 bits per heavy atom. The first-order chi connectivity index (χ1) is 11.1. The van der Waals surface area contributed by atoms with Crippen LogP contribution in [0.3, 0.4) is 0 Å². The van der Waals surface area contributed by atoms with Gasteiger partial charge in [0.05, 0.1) is 0 Å². The van der Waals surface area contributed by atoms with Gasteiger partial charge in [-0.25, -0.2) is 4.39 Å². The van der Waals surface area contributed by atoms with E-state index in [1.807, 2.05) is 0 Å². The van der Waals surface area contributed by atoms with Gasteiger partial charge in [0.15, 0.2) is 0 Å². The van der Waals surface area contributed by atoms with Crippen LogP contribution >= 0.6 is 0 Å². The van der Waals surface area contributed by atoms with Crippen molar-refractivity contribution in [2.75, 3.05) is 0 Å². The molecule has 0 atom stereocenters. The Morgan fingerprint density at radius 1 is 1.04 bits per heavy atom. The molecule has 4 nitrogen and oxygen atoms in total. The highest BCUT2D eigenvalue weighted by molar-refractivity contribution is 6.07. The SMILES string of the molecule is NC(=O)/C(NC(=O)c1ccccc1)=C1\CCc2cc(F)ccc21. The van der Waals surface area contributed by atoms with Crippen molar-refractivity contribution in [3.63, 3.8) is 0 Å². The second kappa shape index (κ2) is 6.04. The van der Waals surface area contributed by atoms with Crippen molar-refractivity contribution >= 4 is 17.4 Å². The minimum atomic E-state index is -0.707. The van der Waals surface area contributed by atoms with Crippen LogP contribution in [0, 0.1) is 5.82 Å². The quantitative estimate of drug-likeness (QED) is 0.855. The number of nitrogens with two attached hydrogens (primary N) is 1. The van der Waals surface area contributed by atoms with Crippen LogP contribution in [0.2, 0.25) is 0 Å². The average molecular weight is 310 g/mol. The number of hydrogen-bond donors (Lipinski definition) is 2. The van der Waals surface area contributed by atoms with E-state index in [4.69, 9.17) is 5.73 Å². The highest BCUT2D eigenvalue weighted by atomic mass is 19.1. The van der Waals surface area contributed by atoms with Gasteiger partial charge in [-0.1, -0.05) is 24.3 Å². The predicted molar refractivity (Wildman–Crippen MR) is 84.7 cm³/mol. The highest BCUT2D eigenvalue weighted by Gasteiger charge is 2.24. The van der Waals surface area contributed by atoms with Crippen molar-refractivity contribution in [2.24, 2.45) is 5.73 Å². The maximum absolute atomic E-state index is 13.3. The van der Waals surface area contributed by atoms with Gasteiger partial charge >= 0.3 is 0 Å². The molecule has 23 heavy (non-hydrogen) atoms. The lowest BCUT2D eigenvalue weighted by Gasteiger charge is -2.11. The predicted octanol–water partition coefficient (Wildman–Crippen LogP) is 2.40. The number of allylic oxidation sites excluding steroid dienone is 1. The fourth-order valence-corrected chi connectivity index (χ4v) is 2.78. The lowest BCUT2D eigenvalue weighted by Crippen LogP contribution is -2.32. The zero-order valence-electron chi connectivity index (χ0n) is 12.3. The normalized spacial score (nSPS) is 15.0. The van der Waals surface area contributed by atoms with Gasteiger partial charge in [-0.2, -0.15) is 0 Å². The van der Waals surface area contributed by atoms with E-state index in [0.717, 1.165) is 11.1 Å². The number of carbonyl (C=O) groups excluding carboxylic acids is 2. The molecule has 0 spiro atoms. The van der Waals surface area contributed by atoms with Crippen molar-refractivity contribution < 1.29 is 14.0 Å². The van der Waals surface area contributed by atoms with Crippen LogP contribution in [0.1, 0.15) is 27.9 Å². The molecule has 1 aliphatic carbocycles. The highest BCUT2D eigenvalue weighted by Crippen LogP contribution is 2.34. The lowest BCUT2D eigenvalue weighted by atomic mass is 10.0. The van der Waals surface area contributed by atoms with Gasteiger partial charge in [0.25, 0.3) is 11.8 Å². The molecule has 2 amide bonds. The molecule has 3 N–H and O–H groups in total. The van der Waals surface area contributed by atoms with Crippen LogP contribution in [-0.4, -0.2) is 11.8 Å². The molecule has 3 rings (SSSR count). The van der Waals surface area contributed by atoms with Crippen LogP contribution in [-0.2, 0) is 11.2 Å². The number of amides is 2. The van der Waals surface area contributed by atoms with E-state index in [1.54, 1.807) is 36.4 Å². The van der Waals surface area contributed by atoms with Crippen LogP contribution in [0.4, 0.5) is 4.39 Å². The molecule has 0 saturated carbocycles. The fourth-order valence-electron chi connectivity index (χ4n) is 2.78. The molecule has 0 fully saturated rings. The van der Waals surface area contributed by atoms with Crippen molar-refractivity contribution in [2.45, 2.75) is 12.8 Å². The minimum Gasteiger partial charge on any atom is -0.364 e. The molecular formula is C18H15FN2O2. The van der Waals surface area contributed by atoms with Crippen LogP contribution in [0.5, 0.6) is 0 Å². The van der Waals surface area contributed by atoms with E-state index in [0.29, 0.717) is 24.0 Å². The summed E-state index contributed by atoms with van der Waals surface area (Å²) in [5, 5.41) is 2.60. The standard InChI is InChI=1S/C18H15FN2O2/c19-13-7-9-14-12(10-13)6-8-15(14)16(17(20)22)21-18(23)11-4-2-1-3-5-11/h1-5,7,9-10H,6,8H2,(H2,20,22)(H,21,23)/b16-15-. The third-order valence-corrected chi connectivity index (χ3v) is 3.86. The third-order valence-electron chi connectivity index (χ3n) is 3.86. The van der Waals surface area contributed by atoms with Gasteiger partial charge in [-0.15, -0.1) is 0 Å². The molecule has 0 bridgehead atoms. The molecule has 0 aliphatic heterocycles. The summed E-state index contributed by atoms with van der Waals surface area (Å²) in [5.41, 5.74) is 8.17. The smallest absolute Gasteiger partial charge is 0.265 e. The maximum atomic E-state index is 13.3. The Labute approximate surface area is 132 Å². The molecule has 116 valence electrons. The van der Waals surface area contributed by atoms with Gasteiger partial charge in [-0.05, 0) is 53.8 Å². The summed E-state index contributed by atoms with van der Waals surface area (Å²) >= 11 is 0. The zero-order valence-corrected chi connectivity index (χ0v) is 12.3. The number of aryl methyl sites for hydroxylation is 1. The summed E-state index contributed by atoms with van der Waals surface area (Å²) in [6, 6.07) is 13.0. The van der Waals surface area contributed by atoms with E-state index < -0.39 is 11.8 Å². The van der Waals surface area contributed by atoms with E-state index >= 15 is 0 Å². The van der Waals surface area contributed by atoms with Crippen LogP contribution in [0.25, 0.3) is 5.57 Å². The van der Waals surface area contributed by atoms with Crippen molar-refractivity contribution in [1.82, 2.24) is 5.32 Å².